The van der Waals surface area contributed by atoms with Crippen molar-refractivity contribution in [3.63, 3.8) is 0 Å². The smallest absolute Gasteiger partial charge is 0.252 e. The van der Waals surface area contributed by atoms with Crippen molar-refractivity contribution in [2.75, 3.05) is 14.7 Å². The fraction of sp³-hybridized carbons (Fsp3) is 0.0597. The molecule has 0 aliphatic carbocycles. The van der Waals surface area contributed by atoms with E-state index < -0.39 is 0 Å². The van der Waals surface area contributed by atoms with Gasteiger partial charge in [0, 0.05) is 50.9 Å². The summed E-state index contributed by atoms with van der Waals surface area (Å²) in [7, 11) is 0. The van der Waals surface area contributed by atoms with E-state index in [1.807, 2.05) is 0 Å². The van der Waals surface area contributed by atoms with Crippen molar-refractivity contribution in [2.24, 2.45) is 0 Å². The summed E-state index contributed by atoms with van der Waals surface area (Å²) in [6.45, 7) is 13.8. The molecule has 0 amide bonds. The zero-order chi connectivity index (χ0) is 93.0. The molecular weight excluding hydrogens is 1660 g/mol. The Morgan fingerprint density at radius 2 is 0.420 bits per heavy atom. The average molecular weight is 1770 g/mol. The van der Waals surface area contributed by atoms with Crippen LogP contribution in [0, 0.1) is 0 Å². The summed E-state index contributed by atoms with van der Waals surface area (Å²) in [6.07, 6.45) is 0. The van der Waals surface area contributed by atoms with Crippen molar-refractivity contribution >= 4 is 74.3 Å². The number of hydrogen-bond acceptors (Lipinski definition) is 3. The van der Waals surface area contributed by atoms with E-state index in [9.17, 15) is 0 Å². The molecule has 0 radical (unpaired) electrons. The summed E-state index contributed by atoms with van der Waals surface area (Å²) < 4.78 is 0. The van der Waals surface area contributed by atoms with Crippen LogP contribution in [0.25, 0.3) is 156 Å². The fourth-order valence-corrected chi connectivity index (χ4v) is 21.6. The molecule has 21 aromatic carbocycles. The third-order valence-electron chi connectivity index (χ3n) is 27.8. The molecule has 2 heterocycles. The maximum absolute atomic E-state index is 2.72. The largest absolute Gasteiger partial charge is 0.311 e. The normalized spacial score (nSPS) is 12.1. The van der Waals surface area contributed by atoms with Crippen LogP contribution >= 0.6 is 0 Å². The van der Waals surface area contributed by atoms with Gasteiger partial charge in [0.25, 0.3) is 6.71 Å². The highest BCUT2D eigenvalue weighted by Gasteiger charge is 2.46. The Morgan fingerprint density at radius 3 is 0.725 bits per heavy atom. The minimum absolute atomic E-state index is 0.250. The minimum Gasteiger partial charge on any atom is -0.311 e. The van der Waals surface area contributed by atoms with E-state index in [2.05, 4.69) is 566 Å². The second-order valence-corrected chi connectivity index (χ2v) is 38.6. The van der Waals surface area contributed by atoms with E-state index in [-0.39, 0.29) is 17.5 Å². The monoisotopic (exact) mass is 1760 g/mol. The van der Waals surface area contributed by atoms with Gasteiger partial charge in [0.15, 0.2) is 0 Å². The Bertz CT molecular complexity index is 7710. The predicted octanol–water partition coefficient (Wildman–Crippen LogP) is 35.2. The van der Waals surface area contributed by atoms with Gasteiger partial charge in [-0.05, 0) is 280 Å². The van der Waals surface area contributed by atoms with Crippen molar-refractivity contribution in [2.45, 2.75) is 52.4 Å². The quantitative estimate of drug-likeness (QED) is 0.0747. The highest BCUT2D eigenvalue weighted by atomic mass is 15.2. The Morgan fingerprint density at radius 1 is 0.181 bits per heavy atom. The topological polar surface area (TPSA) is 9.72 Å². The molecule has 3 nitrogen and oxygen atoms in total. The Kier molecular flexibility index (Phi) is 22.3. The van der Waals surface area contributed by atoms with Gasteiger partial charge >= 0.3 is 0 Å². The van der Waals surface area contributed by atoms with Crippen molar-refractivity contribution in [1.29, 1.82) is 0 Å². The van der Waals surface area contributed by atoms with Crippen LogP contribution in [0.15, 0.2) is 510 Å². The Hall–Kier alpha value is -16.9. The van der Waals surface area contributed by atoms with Crippen LogP contribution in [0.3, 0.4) is 0 Å². The molecule has 0 aromatic heterocycles. The number of hydrogen-bond donors (Lipinski definition) is 0. The molecule has 0 fully saturated rings. The highest BCUT2D eigenvalue weighted by Crippen LogP contribution is 2.58. The van der Waals surface area contributed by atoms with Crippen molar-refractivity contribution in [3.8, 4) is 156 Å². The van der Waals surface area contributed by atoms with Gasteiger partial charge in [-0.15, -0.1) is 0 Å². The van der Waals surface area contributed by atoms with Gasteiger partial charge in [0.1, 0.15) is 0 Å². The average Bonchev–Trinajstić information content (AvgIpc) is 0.685. The molecular formula is C134H102BN3. The zero-order valence-electron chi connectivity index (χ0n) is 78.4. The SMILES string of the molecule is CC(C)(C)c1c(-c2ccccc2)cc(-c2cc(-c3ccccc3)c(N3c4ccc(-c5ccccc5)cc4B4c5cc(-c6ccccc6)ccc5N(c5cc(-c6ccccc6)c(-c6cc(-c7ccccc7)c(C(C)(C)C)c(-c7ccccc7)c6)c(-c6ccccc6)c5)c5cc(N(c6ccc(-c7ccccc7)cc6)c6ccc(-c7ccccc7)cc6)cc3c54)c(-c3ccccc3)c2)cc1-c1ccccc1. The van der Waals surface area contributed by atoms with Crippen LogP contribution in [0.2, 0.25) is 0 Å². The van der Waals surface area contributed by atoms with E-state index in [4.69, 9.17) is 0 Å². The molecule has 0 bridgehead atoms. The van der Waals surface area contributed by atoms with Crippen LogP contribution in [-0.4, -0.2) is 6.71 Å². The van der Waals surface area contributed by atoms with Crippen LogP contribution in [0.4, 0.5) is 51.2 Å². The van der Waals surface area contributed by atoms with Gasteiger partial charge in [-0.25, -0.2) is 0 Å². The van der Waals surface area contributed by atoms with E-state index in [1.165, 1.54) is 66.6 Å². The maximum Gasteiger partial charge on any atom is 0.252 e. The van der Waals surface area contributed by atoms with Gasteiger partial charge in [-0.3, -0.25) is 0 Å². The summed E-state index contributed by atoms with van der Waals surface area (Å²) in [5, 5.41) is 0. The molecule has 2 aliphatic heterocycles. The second kappa shape index (κ2) is 36.1. The van der Waals surface area contributed by atoms with Gasteiger partial charge in [-0.2, -0.15) is 0 Å². The van der Waals surface area contributed by atoms with E-state index in [0.29, 0.717) is 0 Å². The maximum atomic E-state index is 2.72. The van der Waals surface area contributed by atoms with Crippen molar-refractivity contribution in [3.05, 3.63) is 521 Å². The molecule has 0 saturated carbocycles. The minimum atomic E-state index is -0.373. The first-order chi connectivity index (χ1) is 67.7. The van der Waals surface area contributed by atoms with Gasteiger partial charge in [-0.1, -0.05) is 454 Å². The molecule has 21 aromatic rings. The van der Waals surface area contributed by atoms with E-state index in [1.54, 1.807) is 0 Å². The standard InChI is InChI=1S/C134H102BN3/c1-133(2,3)129-116(99-55-31-13-32-56-99)79-107(80-117(129)100-57-33-14-34-58-100)108-81-120(103-63-39-17-40-64-103)132(121(82-108)104-65-41-18-42-66-104)138-125-78-72-106(94-49-25-10-26-50-94)86-123(125)135-122-85-105(93-47-23-9-24-48-93)71-77-124(122)137(126-89-113(90-127(138)131(126)135)136(110-73-67-95(68-74-110)91-43-19-7-20-44-91)111-75-69-96(70-76-111)92-45-21-8-22-46-92)112-87-114(97-51-27-11-28-52-97)128(115(88-112)98-53-29-12-30-54-98)109-83-118(101-59-35-15-36-60-101)130(134(4,5)6)119(84-109)102-61-37-16-38-62-102/h7-90H,1-6H3. The summed E-state index contributed by atoms with van der Waals surface area (Å²) in [6, 6.07) is 191. The lowest BCUT2D eigenvalue weighted by Gasteiger charge is -2.46. The fourth-order valence-electron chi connectivity index (χ4n) is 21.6. The first-order valence-corrected chi connectivity index (χ1v) is 48.2. The highest BCUT2D eigenvalue weighted by molar-refractivity contribution is 7.00. The van der Waals surface area contributed by atoms with Gasteiger partial charge in [0.2, 0.25) is 0 Å². The number of benzene rings is 21. The molecule has 0 N–H and O–H groups in total. The number of anilines is 9. The van der Waals surface area contributed by atoms with E-state index in [0.717, 1.165) is 168 Å². The van der Waals surface area contributed by atoms with Gasteiger partial charge in [0.05, 0.1) is 11.4 Å². The number of rotatable bonds is 19. The first-order valence-electron chi connectivity index (χ1n) is 48.2. The molecule has 23 rings (SSSR count). The molecule has 0 saturated heterocycles. The summed E-state index contributed by atoms with van der Waals surface area (Å²) in [5.74, 6) is 0. The Balaban J connectivity index is 0.885. The van der Waals surface area contributed by atoms with Crippen LogP contribution in [0.5, 0.6) is 0 Å². The predicted molar refractivity (Wildman–Crippen MR) is 589 cm³/mol. The summed E-state index contributed by atoms with van der Waals surface area (Å²) >= 11 is 0. The summed E-state index contributed by atoms with van der Waals surface area (Å²) in [4.78, 5) is 7.91. The third kappa shape index (κ3) is 16.1. The van der Waals surface area contributed by atoms with Crippen LogP contribution < -0.4 is 31.1 Å². The molecule has 0 spiro atoms. The van der Waals surface area contributed by atoms with Crippen LogP contribution in [0.1, 0.15) is 52.7 Å². The molecule has 0 atom stereocenters. The molecule has 0 unspecified atom stereocenters. The molecule has 4 heteroatoms. The second-order valence-electron chi connectivity index (χ2n) is 38.6. The summed E-state index contributed by atoms with van der Waals surface area (Å²) in [5.41, 5.74) is 46.6. The first kappa shape index (κ1) is 85.3. The van der Waals surface area contributed by atoms with Crippen molar-refractivity contribution in [1.82, 2.24) is 0 Å². The lowest BCUT2D eigenvalue weighted by molar-refractivity contribution is 0.593. The van der Waals surface area contributed by atoms with Gasteiger partial charge < -0.3 is 14.7 Å². The third-order valence-corrected chi connectivity index (χ3v) is 27.8. The molecule has 656 valence electrons. The van der Waals surface area contributed by atoms with Crippen LogP contribution in [-0.2, 0) is 10.8 Å². The van der Waals surface area contributed by atoms with E-state index >= 15 is 0 Å². The number of nitrogens with zero attached hydrogens (tertiary/aromatic N) is 3. The van der Waals surface area contributed by atoms with Crippen molar-refractivity contribution < 1.29 is 0 Å². The zero-order valence-corrected chi connectivity index (χ0v) is 78.4. The lowest BCUT2D eigenvalue weighted by Crippen LogP contribution is -2.61. The molecule has 138 heavy (non-hydrogen) atoms. The lowest BCUT2D eigenvalue weighted by atomic mass is 9.33. The Labute approximate surface area is 812 Å². The molecule has 2 aliphatic rings. The number of fused-ring (bicyclic) bond motifs is 4.